The molecule has 7 nitrogen and oxygen atoms in total. The normalized spacial score (nSPS) is 12.3. The van der Waals surface area contributed by atoms with E-state index in [4.69, 9.17) is 4.98 Å². The summed E-state index contributed by atoms with van der Waals surface area (Å²) in [7, 11) is 2.11. The van der Waals surface area contributed by atoms with Crippen molar-refractivity contribution >= 4 is 17.4 Å². The molecule has 2 aromatic heterocycles. The Morgan fingerprint density at radius 2 is 1.97 bits per heavy atom. The summed E-state index contributed by atoms with van der Waals surface area (Å²) in [5.41, 5.74) is 2.56. The second-order valence-electron chi connectivity index (χ2n) is 7.54. The van der Waals surface area contributed by atoms with Crippen LogP contribution in [0.3, 0.4) is 0 Å². The van der Waals surface area contributed by atoms with Gasteiger partial charge in [0.15, 0.2) is 5.65 Å². The van der Waals surface area contributed by atoms with Gasteiger partial charge in [0, 0.05) is 43.6 Å². The Balaban J connectivity index is 1.73. The van der Waals surface area contributed by atoms with Gasteiger partial charge in [0.25, 0.3) is 0 Å². The molecule has 0 fully saturated rings. The van der Waals surface area contributed by atoms with E-state index in [-0.39, 0.29) is 12.5 Å². The van der Waals surface area contributed by atoms with Crippen molar-refractivity contribution in [2.75, 3.05) is 38.5 Å². The molecule has 2 heterocycles. The minimum absolute atomic E-state index is 0.0815. The number of carbonyl (C=O) groups excluding carboxylic acids is 1. The number of amides is 1. The first-order valence-corrected chi connectivity index (χ1v) is 10.6. The van der Waals surface area contributed by atoms with Crippen LogP contribution in [0.2, 0.25) is 0 Å². The van der Waals surface area contributed by atoms with Crippen LogP contribution in [0.25, 0.3) is 16.9 Å². The molecule has 1 N–H and O–H groups in total. The second kappa shape index (κ2) is 10.2. The monoisotopic (exact) mass is 408 g/mol. The van der Waals surface area contributed by atoms with Crippen molar-refractivity contribution in [2.24, 2.45) is 0 Å². The fraction of sp³-hybridized carbons (Fsp3) is 0.435. The van der Waals surface area contributed by atoms with E-state index in [1.807, 2.05) is 52.8 Å². The maximum absolute atomic E-state index is 12.9. The molecule has 0 aliphatic carbocycles. The molecular formula is C23H32N6O. The lowest BCUT2D eigenvalue weighted by Crippen LogP contribution is -2.42. The number of rotatable bonds is 10. The standard InChI is InChI=1S/C23H32N6O/c1-5-18(3)27(4)14-15-28(6-2)21(30)17-25-23-22(19-10-8-7-9-11-19)26-20-16-24-12-13-29(20)23/h7-13,16,18,25H,5-6,14-15,17H2,1-4H3. The zero-order valence-electron chi connectivity index (χ0n) is 18.4. The zero-order chi connectivity index (χ0) is 21.5. The number of nitrogens with zero attached hydrogens (tertiary/aromatic N) is 5. The van der Waals surface area contributed by atoms with E-state index in [9.17, 15) is 4.79 Å². The number of hydrogen-bond acceptors (Lipinski definition) is 5. The number of carbonyl (C=O) groups is 1. The highest BCUT2D eigenvalue weighted by Crippen LogP contribution is 2.28. The number of likely N-dealkylation sites (N-methyl/N-ethyl adjacent to an activating group) is 2. The molecule has 7 heteroatoms. The number of aromatic nitrogens is 3. The number of anilines is 1. The van der Waals surface area contributed by atoms with E-state index >= 15 is 0 Å². The Kier molecular flexibility index (Phi) is 7.41. The minimum Gasteiger partial charge on any atom is -0.360 e. The third-order valence-corrected chi connectivity index (χ3v) is 5.68. The molecule has 0 saturated heterocycles. The van der Waals surface area contributed by atoms with Crippen LogP contribution in [-0.2, 0) is 4.79 Å². The Morgan fingerprint density at radius 3 is 2.67 bits per heavy atom. The van der Waals surface area contributed by atoms with Gasteiger partial charge >= 0.3 is 0 Å². The summed E-state index contributed by atoms with van der Waals surface area (Å²) in [6, 6.07) is 10.5. The molecule has 30 heavy (non-hydrogen) atoms. The molecule has 0 aliphatic rings. The lowest BCUT2D eigenvalue weighted by atomic mass is 10.1. The summed E-state index contributed by atoms with van der Waals surface area (Å²) in [6.45, 7) is 8.92. The van der Waals surface area contributed by atoms with Crippen LogP contribution in [0.4, 0.5) is 5.82 Å². The first kappa shape index (κ1) is 21.8. The van der Waals surface area contributed by atoms with Gasteiger partial charge in [-0.2, -0.15) is 0 Å². The van der Waals surface area contributed by atoms with Crippen LogP contribution < -0.4 is 5.32 Å². The van der Waals surface area contributed by atoms with Crippen LogP contribution in [0.1, 0.15) is 27.2 Å². The van der Waals surface area contributed by atoms with Crippen molar-refractivity contribution in [1.82, 2.24) is 24.2 Å². The zero-order valence-corrected chi connectivity index (χ0v) is 18.4. The van der Waals surface area contributed by atoms with Gasteiger partial charge in [-0.05, 0) is 27.3 Å². The maximum atomic E-state index is 12.9. The van der Waals surface area contributed by atoms with Crippen LogP contribution in [0.15, 0.2) is 48.9 Å². The Labute approximate surface area is 178 Å². The topological polar surface area (TPSA) is 65.8 Å². The van der Waals surface area contributed by atoms with Crippen LogP contribution >= 0.6 is 0 Å². The van der Waals surface area contributed by atoms with Crippen molar-refractivity contribution in [2.45, 2.75) is 33.2 Å². The highest BCUT2D eigenvalue weighted by molar-refractivity contribution is 5.83. The molecule has 1 amide bonds. The smallest absolute Gasteiger partial charge is 0.241 e. The van der Waals surface area contributed by atoms with E-state index in [0.717, 1.165) is 42.2 Å². The summed E-state index contributed by atoms with van der Waals surface area (Å²) in [5.74, 6) is 0.887. The fourth-order valence-electron chi connectivity index (χ4n) is 3.41. The van der Waals surface area contributed by atoms with Gasteiger partial charge in [-0.25, -0.2) is 4.98 Å². The van der Waals surface area contributed by atoms with E-state index in [0.29, 0.717) is 12.6 Å². The highest BCUT2D eigenvalue weighted by Gasteiger charge is 2.18. The number of imidazole rings is 1. The molecule has 0 bridgehead atoms. The van der Waals surface area contributed by atoms with E-state index < -0.39 is 0 Å². The quantitative estimate of drug-likeness (QED) is 0.557. The van der Waals surface area contributed by atoms with Crippen LogP contribution in [0, 0.1) is 0 Å². The Morgan fingerprint density at radius 1 is 1.20 bits per heavy atom. The lowest BCUT2D eigenvalue weighted by molar-refractivity contribution is -0.129. The largest absolute Gasteiger partial charge is 0.360 e. The van der Waals surface area contributed by atoms with Gasteiger partial charge in [0.2, 0.25) is 5.91 Å². The molecule has 3 aromatic rings. The van der Waals surface area contributed by atoms with Gasteiger partial charge < -0.3 is 15.1 Å². The summed E-state index contributed by atoms with van der Waals surface area (Å²) < 4.78 is 1.94. The average Bonchev–Trinajstić information content (AvgIpc) is 3.16. The van der Waals surface area contributed by atoms with Gasteiger partial charge in [0.1, 0.15) is 11.5 Å². The summed E-state index contributed by atoms with van der Waals surface area (Å²) >= 11 is 0. The molecule has 1 atom stereocenters. The van der Waals surface area contributed by atoms with Crippen molar-refractivity contribution in [3.05, 3.63) is 48.9 Å². The van der Waals surface area contributed by atoms with E-state index in [1.54, 1.807) is 12.4 Å². The highest BCUT2D eigenvalue weighted by atomic mass is 16.2. The van der Waals surface area contributed by atoms with Crippen LogP contribution in [-0.4, -0.2) is 69.3 Å². The maximum Gasteiger partial charge on any atom is 0.241 e. The molecule has 0 spiro atoms. The number of nitrogens with one attached hydrogen (secondary N) is 1. The van der Waals surface area contributed by atoms with Gasteiger partial charge in [-0.1, -0.05) is 37.3 Å². The third-order valence-electron chi connectivity index (χ3n) is 5.68. The molecule has 0 saturated carbocycles. The lowest BCUT2D eigenvalue weighted by Gasteiger charge is -2.28. The first-order chi connectivity index (χ1) is 14.5. The SMILES string of the molecule is CCC(C)N(C)CCN(CC)C(=O)CNc1c(-c2ccccc2)nc2cnccn12. The fourth-order valence-corrected chi connectivity index (χ4v) is 3.41. The van der Waals surface area contributed by atoms with Crippen molar-refractivity contribution < 1.29 is 4.79 Å². The molecule has 3 rings (SSSR count). The van der Waals surface area contributed by atoms with Crippen molar-refractivity contribution in [3.8, 4) is 11.3 Å². The molecular weight excluding hydrogens is 376 g/mol. The summed E-state index contributed by atoms with van der Waals surface area (Å²) in [4.78, 5) is 26.0. The third kappa shape index (κ3) is 4.97. The Bertz CT molecular complexity index is 955. The van der Waals surface area contributed by atoms with Gasteiger partial charge in [0.05, 0.1) is 12.7 Å². The minimum atomic E-state index is 0.0815. The Hall–Kier alpha value is -2.93. The second-order valence-corrected chi connectivity index (χ2v) is 7.54. The number of benzene rings is 1. The predicted octanol–water partition coefficient (Wildman–Crippen LogP) is 3.39. The summed E-state index contributed by atoms with van der Waals surface area (Å²) in [5, 5.41) is 3.34. The first-order valence-electron chi connectivity index (χ1n) is 10.6. The van der Waals surface area contributed by atoms with Crippen LogP contribution in [0.5, 0.6) is 0 Å². The average molecular weight is 409 g/mol. The number of hydrogen-bond donors (Lipinski definition) is 1. The van der Waals surface area contributed by atoms with E-state index in [1.165, 1.54) is 0 Å². The van der Waals surface area contributed by atoms with Crippen molar-refractivity contribution in [1.29, 1.82) is 0 Å². The van der Waals surface area contributed by atoms with E-state index in [2.05, 4.69) is 36.1 Å². The summed E-state index contributed by atoms with van der Waals surface area (Å²) in [6.07, 6.45) is 6.41. The molecule has 0 aliphatic heterocycles. The molecule has 0 radical (unpaired) electrons. The molecule has 1 aromatic carbocycles. The predicted molar refractivity (Wildman–Crippen MR) is 122 cm³/mol. The molecule has 1 unspecified atom stereocenters. The van der Waals surface area contributed by atoms with Crippen molar-refractivity contribution in [3.63, 3.8) is 0 Å². The van der Waals surface area contributed by atoms with Gasteiger partial charge in [-0.3, -0.25) is 14.2 Å². The molecule has 160 valence electrons. The number of fused-ring (bicyclic) bond motifs is 1. The van der Waals surface area contributed by atoms with Gasteiger partial charge in [-0.15, -0.1) is 0 Å².